The summed E-state index contributed by atoms with van der Waals surface area (Å²) < 4.78 is 21.1. The van der Waals surface area contributed by atoms with Crippen molar-refractivity contribution in [1.29, 1.82) is 0 Å². The molecule has 0 radical (unpaired) electrons. The molecule has 0 aliphatic rings. The van der Waals surface area contributed by atoms with Gasteiger partial charge in [0.25, 0.3) is 0 Å². The van der Waals surface area contributed by atoms with E-state index in [-0.39, 0.29) is 31.3 Å². The molecule has 2 atom stereocenters. The van der Waals surface area contributed by atoms with E-state index in [9.17, 15) is 28.8 Å². The minimum Gasteiger partial charge on any atom is -0.482 e. The molecule has 0 fully saturated rings. The van der Waals surface area contributed by atoms with Crippen LogP contribution < -0.4 is 20.1 Å². The molecule has 0 aliphatic carbocycles. The summed E-state index contributed by atoms with van der Waals surface area (Å²) >= 11 is 0. The average molecular weight is 673 g/mol. The first-order valence-electron chi connectivity index (χ1n) is 15.3. The molecular formula is C35H48N2O11. The Morgan fingerprint density at radius 1 is 0.646 bits per heavy atom. The van der Waals surface area contributed by atoms with E-state index in [1.165, 1.54) is 20.8 Å². The van der Waals surface area contributed by atoms with Crippen LogP contribution in [-0.4, -0.2) is 77.1 Å². The van der Waals surface area contributed by atoms with Gasteiger partial charge in [0.15, 0.2) is 19.0 Å². The van der Waals surface area contributed by atoms with Gasteiger partial charge in [-0.1, -0.05) is 24.3 Å². The molecule has 3 N–H and O–H groups in total. The van der Waals surface area contributed by atoms with Crippen molar-refractivity contribution in [3.63, 3.8) is 0 Å². The molecular weight excluding hydrogens is 624 g/mol. The number of amides is 2. The molecule has 2 aromatic rings. The average Bonchev–Trinajstić information content (AvgIpc) is 2.93. The van der Waals surface area contributed by atoms with Gasteiger partial charge in [0.2, 0.25) is 11.8 Å². The predicted octanol–water partition coefficient (Wildman–Crippen LogP) is 3.58. The number of carboxylic acids is 1. The zero-order chi connectivity index (χ0) is 36.7. The number of benzene rings is 2. The molecule has 0 aromatic heterocycles. The van der Waals surface area contributed by atoms with Gasteiger partial charge in [0.05, 0.1) is 6.04 Å². The van der Waals surface area contributed by atoms with E-state index in [1.807, 2.05) is 6.07 Å². The lowest BCUT2D eigenvalue weighted by molar-refractivity contribution is -0.158. The van der Waals surface area contributed by atoms with Gasteiger partial charge in [-0.05, 0) is 90.3 Å². The van der Waals surface area contributed by atoms with E-state index in [2.05, 4.69) is 10.6 Å². The molecule has 2 aromatic carbocycles. The van der Waals surface area contributed by atoms with E-state index in [4.69, 9.17) is 24.1 Å². The van der Waals surface area contributed by atoms with Crippen molar-refractivity contribution >= 4 is 35.5 Å². The first-order valence-corrected chi connectivity index (χ1v) is 15.3. The molecule has 0 saturated heterocycles. The van der Waals surface area contributed by atoms with Crippen LogP contribution in [0.25, 0.3) is 0 Å². The van der Waals surface area contributed by atoms with Gasteiger partial charge in [-0.3, -0.25) is 14.4 Å². The number of carbonyl (C=O) groups is 6. The van der Waals surface area contributed by atoms with Crippen molar-refractivity contribution in [2.45, 2.75) is 98.4 Å². The van der Waals surface area contributed by atoms with E-state index < -0.39 is 47.1 Å². The van der Waals surface area contributed by atoms with Gasteiger partial charge in [-0.25, -0.2) is 14.4 Å². The quantitative estimate of drug-likeness (QED) is 0.249. The number of rotatable bonds is 14. The van der Waals surface area contributed by atoms with Crippen LogP contribution >= 0.6 is 0 Å². The van der Waals surface area contributed by atoms with Gasteiger partial charge in [-0.2, -0.15) is 0 Å². The smallest absolute Gasteiger partial charge is 0.344 e. The van der Waals surface area contributed by atoms with Gasteiger partial charge < -0.3 is 34.7 Å². The largest absolute Gasteiger partial charge is 0.482 e. The maximum absolute atomic E-state index is 11.7. The van der Waals surface area contributed by atoms with Crippen LogP contribution in [0, 0.1) is 0 Å². The van der Waals surface area contributed by atoms with Crippen molar-refractivity contribution in [2.24, 2.45) is 0 Å². The molecule has 48 heavy (non-hydrogen) atoms. The fourth-order valence-corrected chi connectivity index (χ4v) is 4.01. The first kappa shape index (κ1) is 41.1. The first-order chi connectivity index (χ1) is 22.1. The Morgan fingerprint density at radius 3 is 1.35 bits per heavy atom. The van der Waals surface area contributed by atoms with E-state index in [0.29, 0.717) is 23.5 Å². The topological polar surface area (TPSA) is 184 Å². The van der Waals surface area contributed by atoms with Crippen molar-refractivity contribution in [2.75, 3.05) is 13.2 Å². The summed E-state index contributed by atoms with van der Waals surface area (Å²) in [5, 5.41) is 14.1. The molecule has 2 amide bonds. The van der Waals surface area contributed by atoms with Crippen molar-refractivity contribution in [3.05, 3.63) is 59.7 Å². The van der Waals surface area contributed by atoms with Gasteiger partial charge >= 0.3 is 17.9 Å². The third-order valence-electron chi connectivity index (χ3n) is 5.77. The van der Waals surface area contributed by atoms with E-state index in [0.717, 1.165) is 5.56 Å². The van der Waals surface area contributed by atoms with Crippen molar-refractivity contribution in [3.8, 4) is 11.5 Å². The van der Waals surface area contributed by atoms with Crippen LogP contribution in [0.1, 0.15) is 73.4 Å². The molecule has 1 unspecified atom stereocenters. The summed E-state index contributed by atoms with van der Waals surface area (Å²) in [6.07, 6.45) is 0.469. The number of nitrogens with one attached hydrogen (secondary N) is 2. The minimum atomic E-state index is -1.12. The third-order valence-corrected chi connectivity index (χ3v) is 5.77. The maximum atomic E-state index is 11.7. The van der Waals surface area contributed by atoms with Crippen LogP contribution in [0.5, 0.6) is 11.5 Å². The van der Waals surface area contributed by atoms with Gasteiger partial charge in [0, 0.05) is 20.3 Å². The second kappa shape index (κ2) is 19.0. The van der Waals surface area contributed by atoms with E-state index in [1.54, 1.807) is 84.0 Å². The second-order valence-electron chi connectivity index (χ2n) is 12.9. The number of ketones is 1. The molecule has 13 nitrogen and oxygen atoms in total. The number of hydrogen-bond donors (Lipinski definition) is 3. The lowest BCUT2D eigenvalue weighted by Crippen LogP contribution is -2.41. The Hall–Kier alpha value is -4.94. The summed E-state index contributed by atoms with van der Waals surface area (Å²) in [5.74, 6) is -1.93. The highest BCUT2D eigenvalue weighted by molar-refractivity contribution is 5.87. The summed E-state index contributed by atoms with van der Waals surface area (Å²) in [6, 6.07) is 12.1. The fraction of sp³-hybridized carbons (Fsp3) is 0.486. The van der Waals surface area contributed by atoms with Crippen LogP contribution in [0.15, 0.2) is 48.5 Å². The Kier molecular flexibility index (Phi) is 16.3. The number of esters is 2. The number of aliphatic carboxylic acids is 1. The number of Topliss-reactive ketones (excluding diaryl/α,β-unsaturated/α-hetero) is 1. The molecule has 13 heteroatoms. The molecule has 0 aliphatic heterocycles. The monoisotopic (exact) mass is 672 g/mol. The summed E-state index contributed by atoms with van der Waals surface area (Å²) in [7, 11) is 0. The summed E-state index contributed by atoms with van der Waals surface area (Å²) in [4.78, 5) is 68.3. The lowest BCUT2D eigenvalue weighted by atomic mass is 10.0. The maximum Gasteiger partial charge on any atom is 0.344 e. The highest BCUT2D eigenvalue weighted by Gasteiger charge is 2.21. The van der Waals surface area contributed by atoms with Crippen LogP contribution in [-0.2, 0) is 51.1 Å². The van der Waals surface area contributed by atoms with Crippen LogP contribution in [0.3, 0.4) is 0 Å². The molecule has 2 rings (SSSR count). The number of carboxylic acid groups (broad SMARTS) is 1. The van der Waals surface area contributed by atoms with Crippen LogP contribution in [0.4, 0.5) is 0 Å². The van der Waals surface area contributed by atoms with Crippen LogP contribution in [0.2, 0.25) is 0 Å². The third kappa shape index (κ3) is 18.9. The minimum absolute atomic E-state index is 0.110. The van der Waals surface area contributed by atoms with Crippen molar-refractivity contribution in [1.82, 2.24) is 10.6 Å². The highest BCUT2D eigenvalue weighted by atomic mass is 16.6. The molecule has 0 heterocycles. The zero-order valence-corrected chi connectivity index (χ0v) is 29.1. The summed E-state index contributed by atoms with van der Waals surface area (Å²) in [5.41, 5.74) is 0.341. The normalized spacial score (nSPS) is 12.2. The molecule has 264 valence electrons. The lowest BCUT2D eigenvalue weighted by Gasteiger charge is -2.19. The molecule has 0 saturated carbocycles. The van der Waals surface area contributed by atoms with E-state index >= 15 is 0 Å². The zero-order valence-electron chi connectivity index (χ0n) is 29.1. The summed E-state index contributed by atoms with van der Waals surface area (Å²) in [6.45, 7) is 14.3. The van der Waals surface area contributed by atoms with Gasteiger partial charge in [0.1, 0.15) is 28.7 Å². The SMILES string of the molecule is CC(=O)NC(Cc1cccc(OCC(=O)OC(C)(C)C)c1)C(C)=O.CC(=O)N[C@@H](Cc1cccc(OCC(=O)OC(C)(C)C)c1)C(=O)O. The molecule has 0 bridgehead atoms. The predicted molar refractivity (Wildman–Crippen MR) is 176 cm³/mol. The number of carbonyl (C=O) groups excluding carboxylic acids is 5. The fourth-order valence-electron chi connectivity index (χ4n) is 4.01. The Balaban J connectivity index is 0.000000480. The van der Waals surface area contributed by atoms with Crippen molar-refractivity contribution < 1.29 is 52.8 Å². The highest BCUT2D eigenvalue weighted by Crippen LogP contribution is 2.17. The molecule has 0 spiro atoms. The Bertz CT molecular complexity index is 1320. The Labute approximate surface area is 281 Å². The van der Waals surface area contributed by atoms with Gasteiger partial charge in [-0.15, -0.1) is 0 Å². The Morgan fingerprint density at radius 2 is 1.02 bits per heavy atom. The second-order valence-corrected chi connectivity index (χ2v) is 12.9. The number of hydrogen-bond acceptors (Lipinski definition) is 10. The number of ether oxygens (including phenoxy) is 4. The standard InChI is InChI=1S/C18H25NO5.C17H23NO6/c1-12(20)16(19-13(2)21)10-14-7-6-8-15(9-14)23-11-17(22)24-18(3,4)5;1-11(19)18-14(16(21)22)9-12-6-5-7-13(8-12)23-10-15(20)24-17(2,3)4/h6-9,16H,10-11H2,1-5H3,(H,19,21);5-8,14H,9-10H2,1-4H3,(H,18,19)(H,21,22)/t;14-/m.0/s1.